The lowest BCUT2D eigenvalue weighted by atomic mass is 9.81. The summed E-state index contributed by atoms with van der Waals surface area (Å²) in [7, 11) is 0. The molecule has 0 fully saturated rings. The summed E-state index contributed by atoms with van der Waals surface area (Å²) in [4.78, 5) is 0. The lowest BCUT2D eigenvalue weighted by Crippen LogP contribution is -2.17. The molecular formula is C40H52N4. The van der Waals surface area contributed by atoms with Crippen molar-refractivity contribution in [2.45, 2.75) is 106 Å². The van der Waals surface area contributed by atoms with E-state index in [1.54, 1.807) is 0 Å². The number of benzene rings is 3. The molecule has 0 saturated carbocycles. The van der Waals surface area contributed by atoms with Crippen molar-refractivity contribution in [1.82, 2.24) is 0 Å². The summed E-state index contributed by atoms with van der Waals surface area (Å²) in [5.74, 6) is 0. The maximum Gasteiger partial charge on any atom is 0.0835 e. The van der Waals surface area contributed by atoms with Crippen molar-refractivity contribution in [3.63, 3.8) is 0 Å². The number of rotatable bonds is 0. The molecule has 2 aliphatic rings. The molecule has 4 N–H and O–H groups in total. The topological polar surface area (TPSA) is 48.1 Å². The van der Waals surface area contributed by atoms with E-state index in [1.807, 2.05) is 0 Å². The molecule has 0 saturated heterocycles. The van der Waals surface area contributed by atoms with Gasteiger partial charge in [-0.1, -0.05) is 94.4 Å². The van der Waals surface area contributed by atoms with Crippen LogP contribution in [0.3, 0.4) is 0 Å². The van der Waals surface area contributed by atoms with Crippen LogP contribution in [0.15, 0.2) is 83.4 Å². The highest BCUT2D eigenvalue weighted by Crippen LogP contribution is 2.39. The molecule has 0 spiro atoms. The Kier molecular flexibility index (Phi) is 7.83. The molecule has 1 aliphatic heterocycles. The fourth-order valence-corrected chi connectivity index (χ4v) is 5.56. The maximum atomic E-state index is 3.78. The van der Waals surface area contributed by atoms with Crippen molar-refractivity contribution >= 4 is 34.1 Å². The summed E-state index contributed by atoms with van der Waals surface area (Å²) < 4.78 is 0. The highest BCUT2D eigenvalue weighted by atomic mass is 14.9. The van der Waals surface area contributed by atoms with Gasteiger partial charge in [-0.25, -0.2) is 0 Å². The molecule has 4 nitrogen and oxygen atoms in total. The van der Waals surface area contributed by atoms with Crippen LogP contribution in [0.5, 0.6) is 0 Å². The van der Waals surface area contributed by atoms with E-state index >= 15 is 0 Å². The van der Waals surface area contributed by atoms with Gasteiger partial charge in [-0.2, -0.15) is 0 Å². The fraction of sp³-hybridized carbons (Fsp3) is 0.425. The van der Waals surface area contributed by atoms with Crippen LogP contribution in [0.1, 0.15) is 106 Å². The van der Waals surface area contributed by atoms with Crippen LogP contribution in [0.2, 0.25) is 0 Å². The van der Waals surface area contributed by atoms with E-state index in [0.717, 1.165) is 51.9 Å². The second-order valence-electron chi connectivity index (χ2n) is 16.8. The largest absolute Gasteiger partial charge is 0.355 e. The number of anilines is 6. The third-order valence-electron chi connectivity index (χ3n) is 8.48. The number of hydrogen-bond donors (Lipinski definition) is 4. The molecule has 0 atom stereocenters. The summed E-state index contributed by atoms with van der Waals surface area (Å²) in [6.45, 7) is 27.3. The van der Waals surface area contributed by atoms with Gasteiger partial charge in [-0.15, -0.1) is 0 Å². The predicted molar refractivity (Wildman–Crippen MR) is 192 cm³/mol. The van der Waals surface area contributed by atoms with Gasteiger partial charge in [0.25, 0.3) is 0 Å². The Morgan fingerprint density at radius 2 is 0.773 bits per heavy atom. The fourth-order valence-electron chi connectivity index (χ4n) is 5.56. The number of fused-ring (bicyclic) bond motifs is 6. The summed E-state index contributed by atoms with van der Waals surface area (Å²) >= 11 is 0. The quantitative estimate of drug-likeness (QED) is 0.197. The van der Waals surface area contributed by atoms with Gasteiger partial charge < -0.3 is 21.3 Å². The molecular weight excluding hydrogens is 536 g/mol. The van der Waals surface area contributed by atoms with Crippen molar-refractivity contribution in [3.8, 4) is 0 Å². The monoisotopic (exact) mass is 588 g/mol. The second-order valence-corrected chi connectivity index (χ2v) is 16.8. The first kappa shape index (κ1) is 31.5. The minimum absolute atomic E-state index is 0.0115. The van der Waals surface area contributed by atoms with Crippen molar-refractivity contribution in [1.29, 1.82) is 0 Å². The van der Waals surface area contributed by atoms with Gasteiger partial charge in [0.05, 0.1) is 11.4 Å². The molecule has 0 aromatic heterocycles. The summed E-state index contributed by atoms with van der Waals surface area (Å²) in [6, 6.07) is 20.3. The Labute approximate surface area is 266 Å². The normalized spacial score (nSPS) is 15.5. The molecule has 3 aromatic carbocycles. The van der Waals surface area contributed by atoms with Crippen molar-refractivity contribution in [3.05, 3.63) is 100 Å². The molecule has 8 bridgehead atoms. The first-order valence-electron chi connectivity index (χ1n) is 16.0. The number of nitrogens with one attached hydrogen (secondary N) is 4. The summed E-state index contributed by atoms with van der Waals surface area (Å²) in [5.41, 5.74) is 17.2. The standard InChI is InChI=1S/C40H52N4/c1-37(2,3)25-13-29-21-30(14-25)42-32-16-27(39(7,8)9)18-34(23-32)44-36-20-28(40(10,11)12)19-35(24-36)43-33-17-26(38(4,5)6)15-31(22-33)41-29/h13-19,21-23,41-44H,20H2,1-12H3. The molecule has 1 aliphatic carbocycles. The van der Waals surface area contributed by atoms with Gasteiger partial charge in [0.15, 0.2) is 0 Å². The van der Waals surface area contributed by atoms with Gasteiger partial charge in [0, 0.05) is 40.5 Å². The zero-order valence-electron chi connectivity index (χ0n) is 29.0. The second kappa shape index (κ2) is 10.9. The first-order chi connectivity index (χ1) is 20.2. The Hall–Kier alpha value is -3.88. The van der Waals surface area contributed by atoms with E-state index in [0.29, 0.717) is 0 Å². The minimum Gasteiger partial charge on any atom is -0.355 e. The lowest BCUT2D eigenvalue weighted by molar-refractivity contribution is 0.490. The van der Waals surface area contributed by atoms with Crippen LogP contribution >= 0.6 is 0 Å². The Morgan fingerprint density at radius 3 is 1.11 bits per heavy atom. The summed E-state index contributed by atoms with van der Waals surface area (Å²) in [5, 5.41) is 15.1. The van der Waals surface area contributed by atoms with Gasteiger partial charge in [-0.3, -0.25) is 0 Å². The highest BCUT2D eigenvalue weighted by molar-refractivity contribution is 5.75. The predicted octanol–water partition coefficient (Wildman–Crippen LogP) is 11.6. The SMILES string of the molecule is CC(C)(C)C1=CC2=C=C(C1)Nc1cc(cc(C(C)(C)C)c1)Nc1cc(cc(C(C)(C)C)c1)Nc1cc(cc(C(C)(C)C)c1)N2. The van der Waals surface area contributed by atoms with Crippen LogP contribution in [0.25, 0.3) is 0 Å². The molecule has 0 amide bonds. The van der Waals surface area contributed by atoms with Crippen LogP contribution in [0.4, 0.5) is 34.1 Å². The Balaban J connectivity index is 1.75. The molecule has 1 heterocycles. The third kappa shape index (κ3) is 7.42. The van der Waals surface area contributed by atoms with Gasteiger partial charge in [0.2, 0.25) is 0 Å². The molecule has 5 rings (SSSR count). The molecule has 232 valence electrons. The summed E-state index contributed by atoms with van der Waals surface area (Å²) in [6.07, 6.45) is 3.10. The van der Waals surface area contributed by atoms with E-state index in [2.05, 4.69) is 171 Å². The van der Waals surface area contributed by atoms with E-state index in [-0.39, 0.29) is 21.7 Å². The Bertz CT molecular complexity index is 1690. The number of allylic oxidation sites excluding steroid dienone is 1. The van der Waals surface area contributed by atoms with Crippen molar-refractivity contribution in [2.75, 3.05) is 21.3 Å². The van der Waals surface area contributed by atoms with Crippen LogP contribution in [-0.4, -0.2) is 0 Å². The third-order valence-corrected chi connectivity index (χ3v) is 8.48. The van der Waals surface area contributed by atoms with E-state index < -0.39 is 0 Å². The van der Waals surface area contributed by atoms with Crippen LogP contribution < -0.4 is 21.3 Å². The zero-order valence-corrected chi connectivity index (χ0v) is 29.0. The van der Waals surface area contributed by atoms with E-state index in [9.17, 15) is 0 Å². The highest BCUT2D eigenvalue weighted by Gasteiger charge is 2.24. The first-order valence-corrected chi connectivity index (χ1v) is 16.0. The van der Waals surface area contributed by atoms with E-state index in [4.69, 9.17) is 0 Å². The van der Waals surface area contributed by atoms with Gasteiger partial charge in [-0.05, 0) is 99.0 Å². The molecule has 3 aromatic rings. The molecule has 4 heteroatoms. The minimum atomic E-state index is -0.0155. The van der Waals surface area contributed by atoms with Crippen LogP contribution in [-0.2, 0) is 16.2 Å². The zero-order chi connectivity index (χ0) is 32.2. The smallest absolute Gasteiger partial charge is 0.0835 e. The lowest BCUT2D eigenvalue weighted by Gasteiger charge is -2.28. The van der Waals surface area contributed by atoms with Crippen molar-refractivity contribution < 1.29 is 0 Å². The molecule has 0 unspecified atom stereocenters. The molecule has 0 radical (unpaired) electrons. The average molecular weight is 589 g/mol. The molecule has 44 heavy (non-hydrogen) atoms. The Morgan fingerprint density at radius 1 is 0.432 bits per heavy atom. The maximum absolute atomic E-state index is 3.78. The van der Waals surface area contributed by atoms with Crippen LogP contribution in [0, 0.1) is 5.41 Å². The van der Waals surface area contributed by atoms with Crippen molar-refractivity contribution in [2.24, 2.45) is 5.41 Å². The number of hydrogen-bond acceptors (Lipinski definition) is 4. The van der Waals surface area contributed by atoms with Gasteiger partial charge in [0.1, 0.15) is 0 Å². The van der Waals surface area contributed by atoms with Gasteiger partial charge >= 0.3 is 0 Å². The van der Waals surface area contributed by atoms with E-state index in [1.165, 1.54) is 22.3 Å². The average Bonchev–Trinajstić information content (AvgIpc) is 2.85.